The molecular formula is C15H15FN2O4. The van der Waals surface area contributed by atoms with Crippen LogP contribution in [0.2, 0.25) is 0 Å². The fraction of sp³-hybridized carbons (Fsp3) is 0.267. The summed E-state index contributed by atoms with van der Waals surface area (Å²) >= 11 is 0. The normalized spacial score (nSPS) is 12.0. The van der Waals surface area contributed by atoms with Crippen LogP contribution in [0.3, 0.4) is 0 Å². The van der Waals surface area contributed by atoms with Crippen molar-refractivity contribution in [3.05, 3.63) is 47.1 Å². The van der Waals surface area contributed by atoms with E-state index in [9.17, 15) is 14.0 Å². The Bertz CT molecular complexity index is 711. The van der Waals surface area contributed by atoms with Gasteiger partial charge in [0, 0.05) is 12.0 Å². The van der Waals surface area contributed by atoms with Crippen molar-refractivity contribution in [1.29, 1.82) is 0 Å². The van der Waals surface area contributed by atoms with E-state index in [4.69, 9.17) is 9.63 Å². The van der Waals surface area contributed by atoms with Gasteiger partial charge in [-0.2, -0.15) is 0 Å². The lowest BCUT2D eigenvalue weighted by molar-refractivity contribution is 0.0696. The number of aromatic carboxylic acids is 1. The van der Waals surface area contributed by atoms with Crippen molar-refractivity contribution in [3.63, 3.8) is 0 Å². The first-order valence-electron chi connectivity index (χ1n) is 6.73. The average Bonchev–Trinajstić information content (AvgIpc) is 2.98. The number of anilines is 1. The monoisotopic (exact) mass is 306 g/mol. The first-order chi connectivity index (χ1) is 10.4. The molecular weight excluding hydrogens is 291 g/mol. The van der Waals surface area contributed by atoms with Crippen molar-refractivity contribution in [1.82, 2.24) is 5.16 Å². The number of hydrogen-bond donors (Lipinski definition) is 2. The molecule has 1 aromatic carbocycles. The van der Waals surface area contributed by atoms with Gasteiger partial charge in [-0.25, -0.2) is 9.18 Å². The Hall–Kier alpha value is -2.70. The molecule has 0 radical (unpaired) electrons. The minimum Gasteiger partial charge on any atom is -0.478 e. The number of nitrogens with zero attached hydrogens (tertiary/aromatic N) is 1. The summed E-state index contributed by atoms with van der Waals surface area (Å²) in [4.78, 5) is 22.9. The van der Waals surface area contributed by atoms with Crippen LogP contribution in [0.5, 0.6) is 0 Å². The van der Waals surface area contributed by atoms with Crippen LogP contribution in [-0.2, 0) is 0 Å². The minimum absolute atomic E-state index is 0.0598. The molecule has 0 bridgehead atoms. The molecule has 1 atom stereocenters. The molecule has 0 aliphatic heterocycles. The maximum Gasteiger partial charge on any atom is 0.335 e. The second-order valence-electron chi connectivity index (χ2n) is 4.88. The number of carboxylic acids is 1. The van der Waals surface area contributed by atoms with Gasteiger partial charge in [-0.05, 0) is 24.6 Å². The van der Waals surface area contributed by atoms with Crippen molar-refractivity contribution < 1.29 is 23.6 Å². The molecule has 0 unspecified atom stereocenters. The van der Waals surface area contributed by atoms with Crippen LogP contribution in [0, 0.1) is 5.82 Å². The zero-order valence-electron chi connectivity index (χ0n) is 12.1. The van der Waals surface area contributed by atoms with Gasteiger partial charge in [0.15, 0.2) is 0 Å². The van der Waals surface area contributed by atoms with Gasteiger partial charge in [0.2, 0.25) is 5.76 Å². The third kappa shape index (κ3) is 3.30. The Labute approximate surface area is 125 Å². The number of benzene rings is 1. The molecule has 0 aliphatic rings. The highest BCUT2D eigenvalue weighted by Gasteiger charge is 2.18. The highest BCUT2D eigenvalue weighted by atomic mass is 19.1. The van der Waals surface area contributed by atoms with Crippen LogP contribution >= 0.6 is 0 Å². The number of amides is 1. The Balaban J connectivity index is 2.20. The van der Waals surface area contributed by atoms with Crippen LogP contribution < -0.4 is 5.32 Å². The largest absolute Gasteiger partial charge is 0.478 e. The molecule has 2 aromatic rings. The highest BCUT2D eigenvalue weighted by molar-refractivity contribution is 6.03. The molecule has 2 N–H and O–H groups in total. The molecule has 6 nitrogen and oxygen atoms in total. The molecule has 0 aliphatic carbocycles. The summed E-state index contributed by atoms with van der Waals surface area (Å²) in [5.41, 5.74) is 0.272. The fourth-order valence-electron chi connectivity index (χ4n) is 1.78. The molecule has 1 heterocycles. The van der Waals surface area contributed by atoms with E-state index in [2.05, 4.69) is 10.5 Å². The standard InChI is InChI=1S/C15H15FN2O4/c1-3-8(2)11-7-13(22-18-11)14(19)17-12-6-9(15(20)21)4-5-10(12)16/h4-8H,3H2,1-2H3,(H,17,19)(H,20,21)/t8-/m1/s1. The van der Waals surface area contributed by atoms with Gasteiger partial charge in [-0.15, -0.1) is 0 Å². The van der Waals surface area contributed by atoms with E-state index >= 15 is 0 Å². The second kappa shape index (κ2) is 6.38. The van der Waals surface area contributed by atoms with Crippen LogP contribution in [0.15, 0.2) is 28.8 Å². The molecule has 1 amide bonds. The third-order valence-electron chi connectivity index (χ3n) is 3.33. The average molecular weight is 306 g/mol. The molecule has 116 valence electrons. The summed E-state index contributed by atoms with van der Waals surface area (Å²) in [6.07, 6.45) is 0.836. The first kappa shape index (κ1) is 15.7. The Kier molecular flexibility index (Phi) is 4.55. The van der Waals surface area contributed by atoms with Crippen LogP contribution in [0.4, 0.5) is 10.1 Å². The fourth-order valence-corrected chi connectivity index (χ4v) is 1.78. The van der Waals surface area contributed by atoms with Crippen molar-refractivity contribution in [2.75, 3.05) is 5.32 Å². The second-order valence-corrected chi connectivity index (χ2v) is 4.88. The van der Waals surface area contributed by atoms with E-state index in [-0.39, 0.29) is 22.9 Å². The highest BCUT2D eigenvalue weighted by Crippen LogP contribution is 2.20. The Morgan fingerprint density at radius 3 is 2.77 bits per heavy atom. The molecule has 22 heavy (non-hydrogen) atoms. The van der Waals surface area contributed by atoms with Gasteiger partial charge in [0.25, 0.3) is 5.91 Å². The number of halogens is 1. The molecule has 0 spiro atoms. The van der Waals surface area contributed by atoms with Gasteiger partial charge in [0.1, 0.15) is 5.82 Å². The number of carboxylic acid groups (broad SMARTS) is 1. The maximum absolute atomic E-state index is 13.6. The summed E-state index contributed by atoms with van der Waals surface area (Å²) in [6.45, 7) is 3.92. The topological polar surface area (TPSA) is 92.4 Å². The predicted octanol–water partition coefficient (Wildman–Crippen LogP) is 3.28. The van der Waals surface area contributed by atoms with Gasteiger partial charge < -0.3 is 14.9 Å². The third-order valence-corrected chi connectivity index (χ3v) is 3.33. The quantitative estimate of drug-likeness (QED) is 0.884. The van der Waals surface area contributed by atoms with Crippen LogP contribution in [-0.4, -0.2) is 22.1 Å². The maximum atomic E-state index is 13.6. The van der Waals surface area contributed by atoms with Crippen LogP contribution in [0.1, 0.15) is 52.8 Å². The van der Waals surface area contributed by atoms with Crippen molar-refractivity contribution in [2.45, 2.75) is 26.2 Å². The van der Waals surface area contributed by atoms with Crippen molar-refractivity contribution in [2.24, 2.45) is 0 Å². The zero-order valence-corrected chi connectivity index (χ0v) is 12.1. The van der Waals surface area contributed by atoms with Gasteiger partial charge in [-0.1, -0.05) is 19.0 Å². The van der Waals surface area contributed by atoms with Crippen molar-refractivity contribution in [3.8, 4) is 0 Å². The van der Waals surface area contributed by atoms with Crippen LogP contribution in [0.25, 0.3) is 0 Å². The zero-order chi connectivity index (χ0) is 16.3. The van der Waals surface area contributed by atoms with Gasteiger partial charge >= 0.3 is 5.97 Å². The van der Waals surface area contributed by atoms with E-state index in [1.165, 1.54) is 6.07 Å². The first-order valence-corrected chi connectivity index (χ1v) is 6.73. The molecule has 7 heteroatoms. The summed E-state index contributed by atoms with van der Waals surface area (Å²) in [5.74, 6) is -2.56. The van der Waals surface area contributed by atoms with Gasteiger partial charge in [-0.3, -0.25) is 4.79 Å². The lowest BCUT2D eigenvalue weighted by atomic mass is 10.1. The summed E-state index contributed by atoms with van der Waals surface area (Å²) in [7, 11) is 0. The number of nitrogens with one attached hydrogen (secondary N) is 1. The van der Waals surface area contributed by atoms with Gasteiger partial charge in [0.05, 0.1) is 16.9 Å². The molecule has 0 saturated carbocycles. The summed E-state index contributed by atoms with van der Waals surface area (Å²) in [5, 5.41) is 15.0. The molecule has 2 rings (SSSR count). The van der Waals surface area contributed by atoms with E-state index < -0.39 is 17.7 Å². The van der Waals surface area contributed by atoms with E-state index in [0.29, 0.717) is 5.69 Å². The van der Waals surface area contributed by atoms with E-state index in [1.54, 1.807) is 0 Å². The molecule has 1 aromatic heterocycles. The number of aromatic nitrogens is 1. The van der Waals surface area contributed by atoms with E-state index in [1.807, 2.05) is 13.8 Å². The number of hydrogen-bond acceptors (Lipinski definition) is 4. The number of carbonyl (C=O) groups is 2. The van der Waals surface area contributed by atoms with Crippen molar-refractivity contribution >= 4 is 17.6 Å². The SMILES string of the molecule is CC[C@@H](C)c1cc(C(=O)Nc2cc(C(=O)O)ccc2F)on1. The minimum atomic E-state index is -1.21. The smallest absolute Gasteiger partial charge is 0.335 e. The summed E-state index contributed by atoms with van der Waals surface area (Å²) < 4.78 is 18.6. The summed E-state index contributed by atoms with van der Waals surface area (Å²) in [6, 6.07) is 4.62. The lowest BCUT2D eigenvalue weighted by Gasteiger charge is -2.05. The number of carbonyl (C=O) groups excluding carboxylic acids is 1. The molecule has 0 saturated heterocycles. The Morgan fingerprint density at radius 1 is 1.41 bits per heavy atom. The Morgan fingerprint density at radius 2 is 2.14 bits per heavy atom. The van der Waals surface area contributed by atoms with E-state index in [0.717, 1.165) is 24.6 Å². The molecule has 0 fully saturated rings. The lowest BCUT2D eigenvalue weighted by Crippen LogP contribution is -2.13. The predicted molar refractivity (Wildman–Crippen MR) is 76.5 cm³/mol. The number of rotatable bonds is 5.